The molecule has 0 atom stereocenters. The highest BCUT2D eigenvalue weighted by Gasteiger charge is 2.32. The predicted molar refractivity (Wildman–Crippen MR) is 71.8 cm³/mol. The number of aryl methyl sites for hydroxylation is 1. The number of carboxylic acids is 1. The van der Waals surface area contributed by atoms with Gasteiger partial charge in [0, 0.05) is 31.6 Å². The second-order valence-electron chi connectivity index (χ2n) is 5.01. The number of carbonyl (C=O) groups is 1. The van der Waals surface area contributed by atoms with E-state index in [1.165, 1.54) is 5.39 Å². The van der Waals surface area contributed by atoms with Crippen LogP contribution in [0.5, 0.6) is 0 Å². The van der Waals surface area contributed by atoms with Crippen LogP contribution in [0.1, 0.15) is 12.6 Å². The summed E-state index contributed by atoms with van der Waals surface area (Å²) in [5.41, 5.74) is 2.19. The molecule has 1 aromatic heterocycles. The first-order chi connectivity index (χ1) is 9.19. The molecule has 0 saturated carbocycles. The van der Waals surface area contributed by atoms with Gasteiger partial charge >= 0.3 is 5.97 Å². The molecule has 1 N–H and O–H groups in total. The van der Waals surface area contributed by atoms with E-state index in [9.17, 15) is 4.79 Å². The molecule has 2 aromatic rings. The largest absolute Gasteiger partial charge is 0.481 e. The van der Waals surface area contributed by atoms with E-state index in [2.05, 4.69) is 29.1 Å². The molecule has 0 bridgehead atoms. The number of aliphatic carboxylic acids is 1. The van der Waals surface area contributed by atoms with Crippen LogP contribution >= 0.6 is 0 Å². The fourth-order valence-corrected chi connectivity index (χ4v) is 2.62. The Hall–Kier alpha value is -1.88. The van der Waals surface area contributed by atoms with Crippen molar-refractivity contribution in [2.24, 2.45) is 5.92 Å². The Balaban J connectivity index is 1.80. The summed E-state index contributed by atoms with van der Waals surface area (Å²) in [7, 11) is 0. The molecule has 1 saturated heterocycles. The zero-order valence-electron chi connectivity index (χ0n) is 10.9. The monoisotopic (exact) mass is 259 g/mol. The summed E-state index contributed by atoms with van der Waals surface area (Å²) in [5.74, 6) is -0.903. The molecule has 5 nitrogen and oxygen atoms in total. The van der Waals surface area contributed by atoms with E-state index in [1.54, 1.807) is 0 Å². The highest BCUT2D eigenvalue weighted by Crippen LogP contribution is 2.23. The summed E-state index contributed by atoms with van der Waals surface area (Å²) in [5, 5.41) is 14.7. The summed E-state index contributed by atoms with van der Waals surface area (Å²) in [4.78, 5) is 12.9. The molecule has 1 aliphatic rings. The summed E-state index contributed by atoms with van der Waals surface area (Å²) < 4.78 is 2.00. The number of nitrogens with zero attached hydrogens (tertiary/aromatic N) is 3. The normalized spacial score (nSPS) is 16.7. The number of rotatable bonds is 4. The first kappa shape index (κ1) is 12.2. The summed E-state index contributed by atoms with van der Waals surface area (Å²) in [6.07, 6.45) is 0. The fraction of sp³-hybridized carbons (Fsp3) is 0.429. The van der Waals surface area contributed by atoms with Gasteiger partial charge < -0.3 is 5.11 Å². The van der Waals surface area contributed by atoms with Gasteiger partial charge in [0.2, 0.25) is 0 Å². The van der Waals surface area contributed by atoms with Gasteiger partial charge in [-0.05, 0) is 13.0 Å². The van der Waals surface area contributed by atoms with Crippen molar-refractivity contribution in [1.82, 2.24) is 14.7 Å². The van der Waals surface area contributed by atoms with Crippen molar-refractivity contribution in [3.63, 3.8) is 0 Å². The van der Waals surface area contributed by atoms with Crippen LogP contribution in [0.2, 0.25) is 0 Å². The van der Waals surface area contributed by atoms with E-state index in [0.29, 0.717) is 13.1 Å². The smallest absolute Gasteiger partial charge is 0.309 e. The lowest BCUT2D eigenvalue weighted by molar-refractivity contribution is -0.147. The molecular weight excluding hydrogens is 242 g/mol. The number of hydrogen-bond acceptors (Lipinski definition) is 3. The molecule has 1 fully saturated rings. The van der Waals surface area contributed by atoms with E-state index in [0.717, 1.165) is 24.3 Å². The molecule has 0 amide bonds. The van der Waals surface area contributed by atoms with Crippen LogP contribution in [0.3, 0.4) is 0 Å². The lowest BCUT2D eigenvalue weighted by Crippen LogP contribution is -2.49. The number of hydrogen-bond donors (Lipinski definition) is 1. The summed E-state index contributed by atoms with van der Waals surface area (Å²) in [6.45, 7) is 4.91. The van der Waals surface area contributed by atoms with Crippen LogP contribution in [0, 0.1) is 5.92 Å². The van der Waals surface area contributed by atoms with Gasteiger partial charge in [-0.15, -0.1) is 0 Å². The third-order valence-corrected chi connectivity index (χ3v) is 3.71. The topological polar surface area (TPSA) is 58.4 Å². The molecule has 0 aliphatic carbocycles. The van der Waals surface area contributed by atoms with Crippen LogP contribution in [0.15, 0.2) is 24.3 Å². The first-order valence-electron chi connectivity index (χ1n) is 6.58. The van der Waals surface area contributed by atoms with Crippen molar-refractivity contribution in [1.29, 1.82) is 0 Å². The second-order valence-corrected chi connectivity index (χ2v) is 5.01. The maximum atomic E-state index is 10.8. The lowest BCUT2D eigenvalue weighted by atomic mass is 10.00. The average molecular weight is 259 g/mol. The Bertz CT molecular complexity index is 614. The second kappa shape index (κ2) is 4.66. The van der Waals surface area contributed by atoms with Crippen LogP contribution in [-0.4, -0.2) is 38.8 Å². The lowest BCUT2D eigenvalue weighted by Gasteiger charge is -2.36. The SMILES string of the molecule is CCn1nc(CN2CC(C(=O)O)C2)c2ccccc21. The number of likely N-dealkylation sites (tertiary alicyclic amines) is 1. The maximum absolute atomic E-state index is 10.8. The standard InChI is InChI=1S/C14H17N3O2/c1-2-17-13-6-4-3-5-11(13)12(15-17)9-16-7-10(8-16)14(18)19/h3-6,10H,2,7-9H2,1H3,(H,18,19). The van der Waals surface area contributed by atoms with Gasteiger partial charge in [-0.25, -0.2) is 0 Å². The molecule has 0 unspecified atom stereocenters. The highest BCUT2D eigenvalue weighted by atomic mass is 16.4. The molecule has 0 radical (unpaired) electrons. The van der Waals surface area contributed by atoms with Gasteiger partial charge in [0.25, 0.3) is 0 Å². The van der Waals surface area contributed by atoms with Gasteiger partial charge in [0.15, 0.2) is 0 Å². The molecule has 100 valence electrons. The van der Waals surface area contributed by atoms with E-state index < -0.39 is 5.97 Å². The van der Waals surface area contributed by atoms with Crippen molar-refractivity contribution in [2.45, 2.75) is 20.0 Å². The molecule has 0 spiro atoms. The molecule has 1 aromatic carbocycles. The average Bonchev–Trinajstić information content (AvgIpc) is 2.71. The third kappa shape index (κ3) is 2.10. The number of aromatic nitrogens is 2. The van der Waals surface area contributed by atoms with Gasteiger partial charge in [-0.3, -0.25) is 14.4 Å². The number of carboxylic acid groups (broad SMARTS) is 1. The fourth-order valence-electron chi connectivity index (χ4n) is 2.62. The summed E-state index contributed by atoms with van der Waals surface area (Å²) in [6, 6.07) is 8.19. The Labute approximate surface area is 111 Å². The van der Waals surface area contributed by atoms with Crippen molar-refractivity contribution < 1.29 is 9.90 Å². The number of benzene rings is 1. The number of fused-ring (bicyclic) bond motifs is 1. The van der Waals surface area contributed by atoms with E-state index in [1.807, 2.05) is 16.8 Å². The predicted octanol–water partition coefficient (Wildman–Crippen LogP) is 1.57. The minimum absolute atomic E-state index is 0.209. The first-order valence-corrected chi connectivity index (χ1v) is 6.58. The Morgan fingerprint density at radius 2 is 2.16 bits per heavy atom. The van der Waals surface area contributed by atoms with E-state index in [4.69, 9.17) is 5.11 Å². The zero-order valence-corrected chi connectivity index (χ0v) is 10.9. The van der Waals surface area contributed by atoms with E-state index in [-0.39, 0.29) is 5.92 Å². The molecule has 2 heterocycles. The molecule has 5 heteroatoms. The van der Waals surface area contributed by atoms with Crippen LogP contribution in [0.4, 0.5) is 0 Å². The minimum Gasteiger partial charge on any atom is -0.481 e. The Morgan fingerprint density at radius 1 is 1.42 bits per heavy atom. The highest BCUT2D eigenvalue weighted by molar-refractivity contribution is 5.82. The quantitative estimate of drug-likeness (QED) is 0.905. The molecule has 1 aliphatic heterocycles. The third-order valence-electron chi connectivity index (χ3n) is 3.71. The van der Waals surface area contributed by atoms with Gasteiger partial charge in [0.05, 0.1) is 17.1 Å². The van der Waals surface area contributed by atoms with Gasteiger partial charge in [0.1, 0.15) is 0 Å². The molecular formula is C14H17N3O2. The summed E-state index contributed by atoms with van der Waals surface area (Å²) >= 11 is 0. The van der Waals surface area contributed by atoms with Crippen molar-refractivity contribution in [2.75, 3.05) is 13.1 Å². The maximum Gasteiger partial charge on any atom is 0.309 e. The van der Waals surface area contributed by atoms with Crippen LogP contribution < -0.4 is 0 Å². The van der Waals surface area contributed by atoms with Gasteiger partial charge in [-0.1, -0.05) is 18.2 Å². The Morgan fingerprint density at radius 3 is 2.84 bits per heavy atom. The van der Waals surface area contributed by atoms with Crippen LogP contribution in [-0.2, 0) is 17.9 Å². The molecule has 3 rings (SSSR count). The van der Waals surface area contributed by atoms with Crippen molar-refractivity contribution in [3.8, 4) is 0 Å². The zero-order chi connectivity index (χ0) is 13.4. The Kier molecular flexibility index (Phi) is 2.98. The van der Waals surface area contributed by atoms with Crippen LogP contribution in [0.25, 0.3) is 10.9 Å². The van der Waals surface area contributed by atoms with Crippen molar-refractivity contribution >= 4 is 16.9 Å². The van der Waals surface area contributed by atoms with Gasteiger partial charge in [-0.2, -0.15) is 5.10 Å². The molecule has 19 heavy (non-hydrogen) atoms. The number of para-hydroxylation sites is 1. The van der Waals surface area contributed by atoms with Crippen molar-refractivity contribution in [3.05, 3.63) is 30.0 Å². The van der Waals surface area contributed by atoms with E-state index >= 15 is 0 Å². The minimum atomic E-state index is -0.694.